The molecule has 1 aromatic carbocycles. The van der Waals surface area contributed by atoms with Gasteiger partial charge < -0.3 is 14.9 Å². The van der Waals surface area contributed by atoms with Crippen molar-refractivity contribution in [1.82, 2.24) is 0 Å². The van der Waals surface area contributed by atoms with E-state index in [1.165, 1.54) is 19.1 Å². The van der Waals surface area contributed by atoms with Gasteiger partial charge in [0.2, 0.25) is 0 Å². The SMILES string of the molecule is CCOc1ccc(F)cc1C(O)C(O)CSC(C)=O. The highest BCUT2D eigenvalue weighted by atomic mass is 32.2. The van der Waals surface area contributed by atoms with Crippen molar-refractivity contribution in [2.45, 2.75) is 26.1 Å². The van der Waals surface area contributed by atoms with Gasteiger partial charge in [0.15, 0.2) is 5.12 Å². The number of benzene rings is 1. The molecular formula is C13H17FO4S. The number of ether oxygens (including phenoxy) is 1. The fraction of sp³-hybridized carbons (Fsp3) is 0.462. The third kappa shape index (κ3) is 4.81. The molecule has 0 bridgehead atoms. The first kappa shape index (κ1) is 15.9. The summed E-state index contributed by atoms with van der Waals surface area (Å²) in [6.07, 6.45) is -2.47. The summed E-state index contributed by atoms with van der Waals surface area (Å²) in [5.74, 6) is -0.161. The van der Waals surface area contributed by atoms with E-state index in [-0.39, 0.29) is 16.4 Å². The number of aliphatic hydroxyl groups is 2. The summed E-state index contributed by atoms with van der Waals surface area (Å²) in [4.78, 5) is 10.8. The number of hydrogen-bond donors (Lipinski definition) is 2. The average molecular weight is 288 g/mol. The molecule has 1 rings (SSSR count). The Kier molecular flexibility index (Phi) is 6.27. The van der Waals surface area contributed by atoms with Crippen LogP contribution >= 0.6 is 11.8 Å². The lowest BCUT2D eigenvalue weighted by Gasteiger charge is -2.20. The third-order valence-corrected chi connectivity index (χ3v) is 3.33. The van der Waals surface area contributed by atoms with E-state index in [1.54, 1.807) is 6.92 Å². The molecule has 6 heteroatoms. The van der Waals surface area contributed by atoms with Gasteiger partial charge in [-0.1, -0.05) is 11.8 Å². The van der Waals surface area contributed by atoms with Crippen molar-refractivity contribution in [2.24, 2.45) is 0 Å². The standard InChI is InChI=1S/C13H17FO4S/c1-3-18-12-5-4-9(14)6-10(12)13(17)11(16)7-19-8(2)15/h4-6,11,13,16-17H,3,7H2,1-2H3. The van der Waals surface area contributed by atoms with Crippen molar-refractivity contribution in [3.05, 3.63) is 29.6 Å². The summed E-state index contributed by atoms with van der Waals surface area (Å²) in [7, 11) is 0. The van der Waals surface area contributed by atoms with Crippen LogP contribution in [0.15, 0.2) is 18.2 Å². The number of thioether (sulfide) groups is 1. The smallest absolute Gasteiger partial charge is 0.185 e. The fourth-order valence-corrected chi connectivity index (χ4v) is 2.13. The van der Waals surface area contributed by atoms with Gasteiger partial charge >= 0.3 is 0 Å². The maximum absolute atomic E-state index is 13.2. The lowest BCUT2D eigenvalue weighted by molar-refractivity contribution is -0.109. The van der Waals surface area contributed by atoms with Crippen molar-refractivity contribution in [2.75, 3.05) is 12.4 Å². The Labute approximate surface area is 115 Å². The Balaban J connectivity index is 2.87. The Morgan fingerprint density at radius 3 is 2.74 bits per heavy atom. The molecular weight excluding hydrogens is 271 g/mol. The molecule has 0 heterocycles. The van der Waals surface area contributed by atoms with E-state index in [9.17, 15) is 19.4 Å². The zero-order valence-corrected chi connectivity index (χ0v) is 11.6. The van der Waals surface area contributed by atoms with Crippen LogP contribution < -0.4 is 4.74 Å². The molecule has 106 valence electrons. The summed E-state index contributed by atoms with van der Waals surface area (Å²) >= 11 is 0.902. The Hall–Kier alpha value is -1.11. The van der Waals surface area contributed by atoms with Gasteiger partial charge in [-0.05, 0) is 25.1 Å². The quantitative estimate of drug-likeness (QED) is 0.837. The molecule has 1 aromatic rings. The van der Waals surface area contributed by atoms with Crippen LogP contribution in [0.5, 0.6) is 5.75 Å². The minimum Gasteiger partial charge on any atom is -0.493 e. The predicted octanol–water partition coefficient (Wildman–Crippen LogP) is 1.90. The van der Waals surface area contributed by atoms with Gasteiger partial charge in [-0.15, -0.1) is 0 Å². The molecule has 0 aliphatic rings. The maximum Gasteiger partial charge on any atom is 0.185 e. The summed E-state index contributed by atoms with van der Waals surface area (Å²) < 4.78 is 18.5. The molecule has 0 aromatic heterocycles. The van der Waals surface area contributed by atoms with Gasteiger partial charge in [0.05, 0.1) is 12.7 Å². The van der Waals surface area contributed by atoms with Gasteiger partial charge in [-0.3, -0.25) is 4.79 Å². The molecule has 2 N–H and O–H groups in total. The van der Waals surface area contributed by atoms with Crippen LogP contribution in [0.2, 0.25) is 0 Å². The second kappa shape index (κ2) is 7.47. The minimum atomic E-state index is -1.30. The highest BCUT2D eigenvalue weighted by Crippen LogP contribution is 2.29. The second-order valence-corrected chi connectivity index (χ2v) is 5.13. The van der Waals surface area contributed by atoms with E-state index in [4.69, 9.17) is 4.74 Å². The first-order chi connectivity index (χ1) is 8.95. The van der Waals surface area contributed by atoms with E-state index in [0.717, 1.165) is 17.8 Å². The number of carbonyl (C=O) groups is 1. The molecule has 2 unspecified atom stereocenters. The highest BCUT2D eigenvalue weighted by molar-refractivity contribution is 8.13. The molecule has 0 aliphatic carbocycles. The van der Waals surface area contributed by atoms with Gasteiger partial charge in [-0.2, -0.15) is 0 Å². The summed E-state index contributed by atoms with van der Waals surface area (Å²) in [5, 5.41) is 19.7. The van der Waals surface area contributed by atoms with E-state index in [0.29, 0.717) is 12.4 Å². The Morgan fingerprint density at radius 2 is 2.16 bits per heavy atom. The molecule has 0 fully saturated rings. The monoisotopic (exact) mass is 288 g/mol. The third-order valence-electron chi connectivity index (χ3n) is 2.41. The molecule has 4 nitrogen and oxygen atoms in total. The van der Waals surface area contributed by atoms with Crippen LogP contribution in [0.3, 0.4) is 0 Å². The molecule has 0 saturated carbocycles. The first-order valence-electron chi connectivity index (χ1n) is 5.87. The van der Waals surface area contributed by atoms with Gasteiger partial charge in [0.25, 0.3) is 0 Å². The molecule has 0 spiro atoms. The van der Waals surface area contributed by atoms with Crippen LogP contribution in [0, 0.1) is 5.82 Å². The van der Waals surface area contributed by atoms with Crippen LogP contribution in [0.25, 0.3) is 0 Å². The van der Waals surface area contributed by atoms with Crippen LogP contribution in [0.4, 0.5) is 4.39 Å². The minimum absolute atomic E-state index is 0.0403. The van der Waals surface area contributed by atoms with Crippen LogP contribution in [0.1, 0.15) is 25.5 Å². The van der Waals surface area contributed by atoms with Crippen molar-refractivity contribution in [3.63, 3.8) is 0 Å². The maximum atomic E-state index is 13.2. The average Bonchev–Trinajstić information content (AvgIpc) is 2.37. The zero-order chi connectivity index (χ0) is 14.4. The molecule has 19 heavy (non-hydrogen) atoms. The number of aliphatic hydroxyl groups excluding tert-OH is 2. The van der Waals surface area contributed by atoms with E-state index in [1.807, 2.05) is 0 Å². The molecule has 0 radical (unpaired) electrons. The van der Waals surface area contributed by atoms with E-state index >= 15 is 0 Å². The number of rotatable bonds is 6. The lowest BCUT2D eigenvalue weighted by atomic mass is 10.0. The van der Waals surface area contributed by atoms with Crippen molar-refractivity contribution < 1.29 is 24.1 Å². The predicted molar refractivity (Wildman–Crippen MR) is 71.7 cm³/mol. The fourth-order valence-electron chi connectivity index (χ4n) is 1.54. The van der Waals surface area contributed by atoms with Crippen molar-refractivity contribution in [1.29, 1.82) is 0 Å². The second-order valence-electron chi connectivity index (χ2n) is 3.93. The van der Waals surface area contributed by atoms with E-state index < -0.39 is 18.0 Å². The topological polar surface area (TPSA) is 66.8 Å². The van der Waals surface area contributed by atoms with Crippen molar-refractivity contribution >= 4 is 16.9 Å². The molecule has 0 saturated heterocycles. The summed E-state index contributed by atoms with van der Waals surface area (Å²) in [5.41, 5.74) is 0.179. The number of hydrogen-bond acceptors (Lipinski definition) is 5. The van der Waals surface area contributed by atoms with E-state index in [2.05, 4.69) is 0 Å². The molecule has 0 amide bonds. The van der Waals surface area contributed by atoms with Crippen LogP contribution in [-0.4, -0.2) is 33.8 Å². The Morgan fingerprint density at radius 1 is 1.47 bits per heavy atom. The number of halogens is 1. The molecule has 2 atom stereocenters. The zero-order valence-electron chi connectivity index (χ0n) is 10.8. The summed E-state index contributed by atoms with van der Waals surface area (Å²) in [6, 6.07) is 3.75. The van der Waals surface area contributed by atoms with Gasteiger partial charge in [-0.25, -0.2) is 4.39 Å². The molecule has 0 aliphatic heterocycles. The normalized spacial score (nSPS) is 13.9. The number of carbonyl (C=O) groups excluding carboxylic acids is 1. The highest BCUT2D eigenvalue weighted by Gasteiger charge is 2.23. The van der Waals surface area contributed by atoms with Crippen LogP contribution in [-0.2, 0) is 4.79 Å². The van der Waals surface area contributed by atoms with Gasteiger partial charge in [0, 0.05) is 18.2 Å². The first-order valence-corrected chi connectivity index (χ1v) is 6.86. The Bertz CT molecular complexity index is 439. The summed E-state index contributed by atoms with van der Waals surface area (Å²) in [6.45, 7) is 3.50. The van der Waals surface area contributed by atoms with Crippen molar-refractivity contribution in [3.8, 4) is 5.75 Å². The largest absolute Gasteiger partial charge is 0.493 e. The van der Waals surface area contributed by atoms with Gasteiger partial charge in [0.1, 0.15) is 17.7 Å². The lowest BCUT2D eigenvalue weighted by Crippen LogP contribution is -2.22.